The van der Waals surface area contributed by atoms with E-state index >= 15 is 0 Å². The third kappa shape index (κ3) is 3.03. The largest absolute Gasteiger partial charge is 0.379 e. The van der Waals surface area contributed by atoms with Crippen LogP contribution >= 0.6 is 11.6 Å². The molecule has 2 aromatic carbocycles. The minimum absolute atomic E-state index is 0.241. The molecule has 0 amide bonds. The number of hydrogen-bond donors (Lipinski definition) is 1. The Morgan fingerprint density at radius 2 is 2.05 bits per heavy atom. The van der Waals surface area contributed by atoms with E-state index < -0.39 is 0 Å². The summed E-state index contributed by atoms with van der Waals surface area (Å²) >= 11 is 6.03. The third-order valence-electron chi connectivity index (χ3n) is 3.05. The zero-order valence-electron chi connectivity index (χ0n) is 11.0. The summed E-state index contributed by atoms with van der Waals surface area (Å²) in [6.45, 7) is 0.356. The van der Waals surface area contributed by atoms with Gasteiger partial charge in [-0.25, -0.2) is 14.1 Å². The molecule has 1 heterocycles. The van der Waals surface area contributed by atoms with Gasteiger partial charge in [-0.05, 0) is 24.3 Å². The molecule has 21 heavy (non-hydrogen) atoms. The van der Waals surface area contributed by atoms with Crippen molar-refractivity contribution in [2.45, 2.75) is 6.54 Å². The van der Waals surface area contributed by atoms with Crippen LogP contribution in [0.1, 0.15) is 5.56 Å². The molecule has 106 valence electrons. The van der Waals surface area contributed by atoms with Gasteiger partial charge in [-0.3, -0.25) is 0 Å². The summed E-state index contributed by atoms with van der Waals surface area (Å²) in [5, 5.41) is 7.88. The molecule has 6 heteroatoms. The second kappa shape index (κ2) is 5.93. The summed E-state index contributed by atoms with van der Waals surface area (Å²) in [5.74, 6) is -0.241. The van der Waals surface area contributed by atoms with E-state index in [9.17, 15) is 4.39 Å². The van der Waals surface area contributed by atoms with Crippen molar-refractivity contribution in [3.8, 4) is 5.69 Å². The van der Waals surface area contributed by atoms with Crippen LogP contribution in [0.15, 0.2) is 55.1 Å². The summed E-state index contributed by atoms with van der Waals surface area (Å²) in [5.41, 5.74) is 2.14. The van der Waals surface area contributed by atoms with E-state index in [1.807, 2.05) is 6.07 Å². The normalized spacial score (nSPS) is 10.6. The first-order valence-electron chi connectivity index (χ1n) is 6.36. The molecule has 0 saturated heterocycles. The lowest BCUT2D eigenvalue weighted by Gasteiger charge is -2.12. The lowest BCUT2D eigenvalue weighted by Crippen LogP contribution is -2.06. The van der Waals surface area contributed by atoms with Crippen molar-refractivity contribution in [2.75, 3.05) is 5.32 Å². The molecule has 1 N–H and O–H groups in total. The summed E-state index contributed by atoms with van der Waals surface area (Å²) in [6, 6.07) is 12.0. The van der Waals surface area contributed by atoms with E-state index in [4.69, 9.17) is 11.6 Å². The molecule has 0 bridgehead atoms. The molecule has 0 aliphatic carbocycles. The number of aromatic nitrogens is 3. The van der Waals surface area contributed by atoms with Crippen molar-refractivity contribution in [3.05, 3.63) is 71.5 Å². The van der Waals surface area contributed by atoms with Gasteiger partial charge in [0.05, 0.1) is 11.4 Å². The minimum Gasteiger partial charge on any atom is -0.379 e. The van der Waals surface area contributed by atoms with Crippen molar-refractivity contribution in [2.24, 2.45) is 0 Å². The van der Waals surface area contributed by atoms with Gasteiger partial charge in [-0.15, -0.1) is 0 Å². The third-order valence-corrected chi connectivity index (χ3v) is 3.29. The van der Waals surface area contributed by atoms with Crippen molar-refractivity contribution >= 4 is 17.3 Å². The monoisotopic (exact) mass is 302 g/mol. The zero-order chi connectivity index (χ0) is 14.7. The number of benzene rings is 2. The summed E-state index contributed by atoms with van der Waals surface area (Å²) < 4.78 is 15.3. The van der Waals surface area contributed by atoms with Gasteiger partial charge in [-0.2, -0.15) is 5.10 Å². The number of hydrogen-bond acceptors (Lipinski definition) is 3. The second-order valence-corrected chi connectivity index (χ2v) is 4.88. The highest BCUT2D eigenvalue weighted by Crippen LogP contribution is 2.24. The fourth-order valence-electron chi connectivity index (χ4n) is 2.01. The SMILES string of the molecule is Fc1ccccc1CNc1cc(Cl)ccc1-n1cncn1. The maximum atomic E-state index is 13.7. The summed E-state index contributed by atoms with van der Waals surface area (Å²) in [7, 11) is 0. The molecule has 0 unspecified atom stereocenters. The molecular weight excluding hydrogens is 291 g/mol. The van der Waals surface area contributed by atoms with Gasteiger partial charge in [0.1, 0.15) is 18.5 Å². The van der Waals surface area contributed by atoms with Crippen LogP contribution in [-0.4, -0.2) is 14.8 Å². The molecule has 0 spiro atoms. The number of halogens is 2. The van der Waals surface area contributed by atoms with Crippen LogP contribution in [0, 0.1) is 5.82 Å². The molecule has 0 aliphatic heterocycles. The summed E-state index contributed by atoms with van der Waals surface area (Å²) in [6.07, 6.45) is 3.05. The first-order chi connectivity index (χ1) is 10.2. The Hall–Kier alpha value is -2.40. The highest BCUT2D eigenvalue weighted by atomic mass is 35.5. The Kier molecular flexibility index (Phi) is 3.83. The van der Waals surface area contributed by atoms with Gasteiger partial charge in [0, 0.05) is 17.1 Å². The maximum Gasteiger partial charge on any atom is 0.138 e. The Bertz CT molecular complexity index is 743. The van der Waals surface area contributed by atoms with E-state index in [0.717, 1.165) is 11.4 Å². The van der Waals surface area contributed by atoms with E-state index in [-0.39, 0.29) is 5.82 Å². The van der Waals surface area contributed by atoms with Gasteiger partial charge in [0.15, 0.2) is 0 Å². The molecule has 0 fully saturated rings. The lowest BCUT2D eigenvalue weighted by molar-refractivity contribution is 0.613. The molecule has 0 aliphatic rings. The second-order valence-electron chi connectivity index (χ2n) is 4.45. The van der Waals surface area contributed by atoms with Gasteiger partial charge in [0.2, 0.25) is 0 Å². The first-order valence-corrected chi connectivity index (χ1v) is 6.73. The van der Waals surface area contributed by atoms with Gasteiger partial charge >= 0.3 is 0 Å². The van der Waals surface area contributed by atoms with Crippen molar-refractivity contribution in [3.63, 3.8) is 0 Å². The topological polar surface area (TPSA) is 42.7 Å². The Balaban J connectivity index is 1.88. The predicted molar refractivity (Wildman–Crippen MR) is 80.1 cm³/mol. The Morgan fingerprint density at radius 1 is 1.19 bits per heavy atom. The summed E-state index contributed by atoms with van der Waals surface area (Å²) in [4.78, 5) is 3.93. The lowest BCUT2D eigenvalue weighted by atomic mass is 10.2. The van der Waals surface area contributed by atoms with E-state index in [1.54, 1.807) is 41.3 Å². The number of rotatable bonds is 4. The Labute approximate surface area is 126 Å². The van der Waals surface area contributed by atoms with Gasteiger partial charge in [0.25, 0.3) is 0 Å². The van der Waals surface area contributed by atoms with Crippen molar-refractivity contribution in [1.29, 1.82) is 0 Å². The van der Waals surface area contributed by atoms with E-state index in [1.165, 1.54) is 12.4 Å². The fourth-order valence-corrected chi connectivity index (χ4v) is 2.19. The molecule has 3 aromatic rings. The smallest absolute Gasteiger partial charge is 0.138 e. The average Bonchev–Trinajstić information content (AvgIpc) is 3.00. The number of nitrogens with one attached hydrogen (secondary N) is 1. The van der Waals surface area contributed by atoms with Crippen LogP contribution in [0.3, 0.4) is 0 Å². The number of nitrogens with zero attached hydrogens (tertiary/aromatic N) is 3. The van der Waals surface area contributed by atoms with E-state index in [2.05, 4.69) is 15.4 Å². The van der Waals surface area contributed by atoms with Gasteiger partial charge in [-0.1, -0.05) is 29.8 Å². The molecule has 0 atom stereocenters. The Morgan fingerprint density at radius 3 is 2.81 bits per heavy atom. The predicted octanol–water partition coefficient (Wildman–Crippen LogP) is 3.67. The molecular formula is C15H12ClFN4. The molecule has 1 aromatic heterocycles. The van der Waals surface area contributed by atoms with Crippen LogP contribution in [0.5, 0.6) is 0 Å². The van der Waals surface area contributed by atoms with Crippen LogP contribution in [0.25, 0.3) is 5.69 Å². The quantitative estimate of drug-likeness (QED) is 0.799. The van der Waals surface area contributed by atoms with Crippen LogP contribution in [-0.2, 0) is 6.54 Å². The van der Waals surface area contributed by atoms with Crippen LogP contribution < -0.4 is 5.32 Å². The van der Waals surface area contributed by atoms with Crippen LogP contribution in [0.4, 0.5) is 10.1 Å². The van der Waals surface area contributed by atoms with Crippen molar-refractivity contribution in [1.82, 2.24) is 14.8 Å². The first kappa shape index (κ1) is 13.6. The molecule has 4 nitrogen and oxygen atoms in total. The zero-order valence-corrected chi connectivity index (χ0v) is 11.8. The fraction of sp³-hybridized carbons (Fsp3) is 0.0667. The minimum atomic E-state index is -0.241. The standard InChI is InChI=1S/C15H12ClFN4/c16-12-5-6-15(21-10-18-9-20-21)14(7-12)19-8-11-3-1-2-4-13(11)17/h1-7,9-10,19H,8H2. The highest BCUT2D eigenvalue weighted by molar-refractivity contribution is 6.31. The average molecular weight is 303 g/mol. The molecule has 0 saturated carbocycles. The maximum absolute atomic E-state index is 13.7. The van der Waals surface area contributed by atoms with Crippen LogP contribution in [0.2, 0.25) is 5.02 Å². The number of anilines is 1. The molecule has 3 rings (SSSR count). The van der Waals surface area contributed by atoms with Gasteiger partial charge < -0.3 is 5.32 Å². The van der Waals surface area contributed by atoms with Crippen molar-refractivity contribution < 1.29 is 4.39 Å². The highest BCUT2D eigenvalue weighted by Gasteiger charge is 2.07. The molecule has 0 radical (unpaired) electrons. The van der Waals surface area contributed by atoms with E-state index in [0.29, 0.717) is 17.1 Å².